The number of rotatable bonds is 4. The van der Waals surface area contributed by atoms with Crippen LogP contribution in [0.15, 0.2) is 158 Å². The zero-order valence-electron chi connectivity index (χ0n) is 30.2. The lowest BCUT2D eigenvalue weighted by molar-refractivity contribution is 0.484. The number of ether oxygens (including phenoxy) is 1. The van der Waals surface area contributed by atoms with Gasteiger partial charge >= 0.3 is 0 Å². The molecule has 0 unspecified atom stereocenters. The van der Waals surface area contributed by atoms with Crippen molar-refractivity contribution in [1.29, 1.82) is 0 Å². The molecule has 0 radical (unpaired) electrons. The average Bonchev–Trinajstić information content (AvgIpc) is 3.91. The lowest BCUT2D eigenvalue weighted by Crippen LogP contribution is -2.12. The second kappa shape index (κ2) is 11.3. The standard InChI is InChI=1S/C48H35N5O/c1-48(2,3)30-23-24-49-44(27-30)53-40-15-9-7-13-35(40)36-20-18-33(29-43(36)53)54-32-17-19-34-37-21-22-42-45(46(37)51-26-25-50-47(51)39(34)28-32)38-14-8-10-16-41(38)52(42)31-11-5-4-6-12-31/h4-29H,1-3H3. The summed E-state index contributed by atoms with van der Waals surface area (Å²) in [6, 6.07) is 49.4. The van der Waals surface area contributed by atoms with Crippen LogP contribution in [0, 0.1) is 0 Å². The molecule has 54 heavy (non-hydrogen) atoms. The van der Waals surface area contributed by atoms with E-state index in [0.717, 1.165) is 66.9 Å². The molecule has 0 N–H and O–H groups in total. The summed E-state index contributed by atoms with van der Waals surface area (Å²) < 4.78 is 13.6. The van der Waals surface area contributed by atoms with Gasteiger partial charge in [-0.25, -0.2) is 9.97 Å². The highest BCUT2D eigenvalue weighted by Crippen LogP contribution is 2.42. The number of fused-ring (bicyclic) bond motifs is 13. The number of pyridine rings is 2. The van der Waals surface area contributed by atoms with E-state index in [9.17, 15) is 0 Å². The number of benzene rings is 6. The summed E-state index contributed by atoms with van der Waals surface area (Å²) in [5, 5.41) is 8.10. The first-order chi connectivity index (χ1) is 26.4. The fourth-order valence-corrected chi connectivity index (χ4v) is 8.46. The largest absolute Gasteiger partial charge is 0.457 e. The van der Waals surface area contributed by atoms with Crippen molar-refractivity contribution in [2.45, 2.75) is 26.2 Å². The molecule has 0 saturated carbocycles. The Balaban J connectivity index is 1.08. The molecule has 0 aliphatic heterocycles. The van der Waals surface area contributed by atoms with Crippen molar-refractivity contribution < 1.29 is 4.74 Å². The summed E-state index contributed by atoms with van der Waals surface area (Å²) in [5.74, 6) is 2.41. The van der Waals surface area contributed by atoms with E-state index in [1.807, 2.05) is 12.4 Å². The maximum atomic E-state index is 6.70. The first-order valence-electron chi connectivity index (χ1n) is 18.4. The molecule has 0 aliphatic rings. The van der Waals surface area contributed by atoms with Gasteiger partial charge in [0.05, 0.1) is 27.6 Å². The van der Waals surface area contributed by atoms with Gasteiger partial charge < -0.3 is 9.30 Å². The minimum absolute atomic E-state index is 0.000551. The first kappa shape index (κ1) is 30.7. The molecule has 0 amide bonds. The quantitative estimate of drug-likeness (QED) is 0.172. The second-order valence-corrected chi connectivity index (χ2v) is 15.2. The van der Waals surface area contributed by atoms with Crippen molar-refractivity contribution in [2.75, 3.05) is 0 Å². The van der Waals surface area contributed by atoms with E-state index in [1.54, 1.807) is 0 Å². The number of hydrogen-bond donors (Lipinski definition) is 0. The highest BCUT2D eigenvalue weighted by atomic mass is 16.5. The molecule has 0 fully saturated rings. The fraction of sp³-hybridized carbons (Fsp3) is 0.0833. The van der Waals surface area contributed by atoms with Crippen LogP contribution >= 0.6 is 0 Å². The molecule has 0 bridgehead atoms. The highest BCUT2D eigenvalue weighted by molar-refractivity contribution is 6.26. The highest BCUT2D eigenvalue weighted by Gasteiger charge is 2.21. The molecule has 11 aromatic rings. The molecule has 5 aromatic heterocycles. The Bertz CT molecular complexity index is 3290. The van der Waals surface area contributed by atoms with Gasteiger partial charge in [0.25, 0.3) is 0 Å². The smallest absolute Gasteiger partial charge is 0.145 e. The summed E-state index contributed by atoms with van der Waals surface area (Å²) in [7, 11) is 0. The van der Waals surface area contributed by atoms with Gasteiger partial charge in [0.2, 0.25) is 0 Å². The molecule has 0 spiro atoms. The lowest BCUT2D eigenvalue weighted by Gasteiger charge is -2.20. The number of nitrogens with zero attached hydrogens (tertiary/aromatic N) is 5. The van der Waals surface area contributed by atoms with Crippen LogP contribution < -0.4 is 4.74 Å². The Hall–Kier alpha value is -6.92. The third kappa shape index (κ3) is 4.46. The van der Waals surface area contributed by atoms with Crippen molar-refractivity contribution in [1.82, 2.24) is 23.5 Å². The molecule has 6 aromatic carbocycles. The maximum Gasteiger partial charge on any atom is 0.145 e. The summed E-state index contributed by atoms with van der Waals surface area (Å²) in [6.07, 6.45) is 5.89. The van der Waals surface area contributed by atoms with Crippen LogP contribution in [-0.4, -0.2) is 23.5 Å². The first-order valence-corrected chi connectivity index (χ1v) is 18.4. The maximum absolute atomic E-state index is 6.70. The third-order valence-corrected chi connectivity index (χ3v) is 11.0. The van der Waals surface area contributed by atoms with Gasteiger partial charge in [0.15, 0.2) is 0 Å². The minimum atomic E-state index is -0.000551. The van der Waals surface area contributed by atoms with Gasteiger partial charge in [0, 0.05) is 62.7 Å². The third-order valence-electron chi connectivity index (χ3n) is 11.0. The second-order valence-electron chi connectivity index (χ2n) is 15.2. The van der Waals surface area contributed by atoms with Crippen molar-refractivity contribution in [2.24, 2.45) is 0 Å². The van der Waals surface area contributed by atoms with Gasteiger partial charge in [-0.3, -0.25) is 8.97 Å². The zero-order valence-corrected chi connectivity index (χ0v) is 30.2. The van der Waals surface area contributed by atoms with Gasteiger partial charge in [-0.15, -0.1) is 0 Å². The Labute approximate surface area is 311 Å². The van der Waals surface area contributed by atoms with E-state index in [2.05, 4.69) is 180 Å². The van der Waals surface area contributed by atoms with Gasteiger partial charge in [-0.05, 0) is 89.2 Å². The molecule has 6 heteroatoms. The van der Waals surface area contributed by atoms with Crippen LogP contribution in [0.1, 0.15) is 26.3 Å². The van der Waals surface area contributed by atoms with E-state index in [1.165, 1.54) is 32.6 Å². The van der Waals surface area contributed by atoms with Crippen molar-refractivity contribution in [3.05, 3.63) is 164 Å². The predicted octanol–water partition coefficient (Wildman–Crippen LogP) is 12.3. The van der Waals surface area contributed by atoms with Crippen LogP contribution in [-0.2, 0) is 5.41 Å². The molecule has 6 nitrogen and oxygen atoms in total. The number of aromatic nitrogens is 5. The lowest BCUT2D eigenvalue weighted by atomic mass is 9.88. The molecular weight excluding hydrogens is 663 g/mol. The molecule has 258 valence electrons. The summed E-state index contributed by atoms with van der Waals surface area (Å²) in [6.45, 7) is 6.70. The van der Waals surface area contributed by atoms with Crippen LogP contribution in [0.5, 0.6) is 11.5 Å². The molecule has 0 saturated heterocycles. The summed E-state index contributed by atoms with van der Waals surface area (Å²) in [4.78, 5) is 9.78. The number of imidazole rings is 1. The molecule has 5 heterocycles. The van der Waals surface area contributed by atoms with Crippen LogP contribution in [0.3, 0.4) is 0 Å². The van der Waals surface area contributed by atoms with Gasteiger partial charge in [0.1, 0.15) is 23.0 Å². The SMILES string of the molecule is CC(C)(C)c1ccnc(-n2c3ccccc3c3ccc(Oc4ccc5c(c4)c4nccn4c4c5ccc5c4c4ccccc4n5-c4ccccc4)cc32)c1. The van der Waals surface area contributed by atoms with Crippen molar-refractivity contribution >= 4 is 70.9 Å². The summed E-state index contributed by atoms with van der Waals surface area (Å²) >= 11 is 0. The van der Waals surface area contributed by atoms with Gasteiger partial charge in [-0.1, -0.05) is 81.4 Å². The Morgan fingerprint density at radius 2 is 1.19 bits per heavy atom. The van der Waals surface area contributed by atoms with Crippen molar-refractivity contribution in [3.63, 3.8) is 0 Å². The Kier molecular flexibility index (Phi) is 6.41. The molecule has 0 aliphatic carbocycles. The van der Waals surface area contributed by atoms with E-state index in [4.69, 9.17) is 14.7 Å². The van der Waals surface area contributed by atoms with E-state index in [-0.39, 0.29) is 5.41 Å². The predicted molar refractivity (Wildman–Crippen MR) is 222 cm³/mol. The van der Waals surface area contributed by atoms with Crippen LogP contribution in [0.25, 0.3) is 82.4 Å². The molecule has 11 rings (SSSR count). The fourth-order valence-electron chi connectivity index (χ4n) is 8.46. The number of hydrogen-bond acceptors (Lipinski definition) is 3. The van der Waals surface area contributed by atoms with E-state index >= 15 is 0 Å². The van der Waals surface area contributed by atoms with Crippen molar-refractivity contribution in [3.8, 4) is 23.0 Å². The molecule has 0 atom stereocenters. The van der Waals surface area contributed by atoms with Crippen LogP contribution in [0.2, 0.25) is 0 Å². The topological polar surface area (TPSA) is 49.3 Å². The van der Waals surface area contributed by atoms with E-state index in [0.29, 0.717) is 0 Å². The zero-order chi connectivity index (χ0) is 36.1. The van der Waals surface area contributed by atoms with Crippen LogP contribution in [0.4, 0.5) is 0 Å². The Morgan fingerprint density at radius 1 is 0.500 bits per heavy atom. The normalized spacial score (nSPS) is 12.4. The average molecular weight is 698 g/mol. The Morgan fingerprint density at radius 3 is 2.00 bits per heavy atom. The monoisotopic (exact) mass is 697 g/mol. The summed E-state index contributed by atoms with van der Waals surface area (Å²) in [5.41, 5.74) is 8.93. The number of para-hydroxylation sites is 3. The van der Waals surface area contributed by atoms with E-state index < -0.39 is 0 Å². The molecular formula is C48H35N5O. The van der Waals surface area contributed by atoms with Gasteiger partial charge in [-0.2, -0.15) is 0 Å². The minimum Gasteiger partial charge on any atom is -0.457 e.